The Morgan fingerprint density at radius 2 is 1.71 bits per heavy atom. The number of aromatic nitrogens is 2. The average Bonchev–Trinajstić information content (AvgIpc) is 2.71. The quantitative estimate of drug-likeness (QED) is 0.542. The standard InChI is InChI=1S/C23H19N3O2/c1-15-10-11-17(13-16(15)2)26-22(27)19-8-4-3-7-18(19)20(23(26)28)14-25-21-9-5-6-12-24-21/h3-14,28H,1-2H3. The maximum absolute atomic E-state index is 13.1. The first-order chi connectivity index (χ1) is 13.6. The molecule has 0 unspecified atom stereocenters. The molecule has 2 heterocycles. The molecule has 0 aliphatic heterocycles. The van der Waals surface area contributed by atoms with Gasteiger partial charge in [0.25, 0.3) is 5.56 Å². The molecule has 0 saturated heterocycles. The van der Waals surface area contributed by atoms with Crippen molar-refractivity contribution in [2.45, 2.75) is 13.8 Å². The Morgan fingerprint density at radius 3 is 2.43 bits per heavy atom. The van der Waals surface area contributed by atoms with E-state index in [1.165, 1.54) is 4.57 Å². The molecule has 4 aromatic rings. The van der Waals surface area contributed by atoms with E-state index in [9.17, 15) is 9.90 Å². The predicted molar refractivity (Wildman–Crippen MR) is 112 cm³/mol. The van der Waals surface area contributed by atoms with Gasteiger partial charge in [0, 0.05) is 23.2 Å². The van der Waals surface area contributed by atoms with Crippen molar-refractivity contribution in [1.29, 1.82) is 0 Å². The third-order valence-electron chi connectivity index (χ3n) is 4.83. The molecule has 2 aromatic carbocycles. The van der Waals surface area contributed by atoms with Crippen molar-refractivity contribution < 1.29 is 5.11 Å². The Bertz CT molecular complexity index is 1260. The molecule has 0 amide bonds. The van der Waals surface area contributed by atoms with Crippen LogP contribution >= 0.6 is 0 Å². The van der Waals surface area contributed by atoms with E-state index in [1.54, 1.807) is 30.6 Å². The summed E-state index contributed by atoms with van der Waals surface area (Å²) in [5, 5.41) is 12.2. The largest absolute Gasteiger partial charge is 0.494 e. The van der Waals surface area contributed by atoms with Gasteiger partial charge in [-0.1, -0.05) is 30.3 Å². The maximum Gasteiger partial charge on any atom is 0.265 e. The van der Waals surface area contributed by atoms with Gasteiger partial charge < -0.3 is 5.11 Å². The van der Waals surface area contributed by atoms with Crippen LogP contribution in [-0.2, 0) is 0 Å². The number of fused-ring (bicyclic) bond motifs is 1. The number of aliphatic imine (C=N–C) groups is 1. The van der Waals surface area contributed by atoms with Gasteiger partial charge in [-0.15, -0.1) is 0 Å². The van der Waals surface area contributed by atoms with Crippen LogP contribution in [0.2, 0.25) is 0 Å². The summed E-state index contributed by atoms with van der Waals surface area (Å²) in [5.74, 6) is 0.376. The van der Waals surface area contributed by atoms with Crippen molar-refractivity contribution >= 4 is 22.8 Å². The average molecular weight is 369 g/mol. The SMILES string of the molecule is Cc1ccc(-n2c(O)c(C=Nc3ccccn3)c3ccccc3c2=O)cc1C. The van der Waals surface area contributed by atoms with Crippen molar-refractivity contribution in [2.24, 2.45) is 4.99 Å². The smallest absolute Gasteiger partial charge is 0.265 e. The van der Waals surface area contributed by atoms with Crippen molar-refractivity contribution in [3.63, 3.8) is 0 Å². The van der Waals surface area contributed by atoms with Crippen molar-refractivity contribution in [2.75, 3.05) is 0 Å². The summed E-state index contributed by atoms with van der Waals surface area (Å²) < 4.78 is 1.33. The van der Waals surface area contributed by atoms with Gasteiger partial charge in [-0.2, -0.15) is 0 Å². The number of hydrogen-bond donors (Lipinski definition) is 1. The summed E-state index contributed by atoms with van der Waals surface area (Å²) in [5.41, 5.74) is 2.98. The minimum Gasteiger partial charge on any atom is -0.494 e. The van der Waals surface area contributed by atoms with Crippen LogP contribution < -0.4 is 5.56 Å². The number of benzene rings is 2. The molecule has 0 atom stereocenters. The molecule has 5 heteroatoms. The highest BCUT2D eigenvalue weighted by atomic mass is 16.3. The van der Waals surface area contributed by atoms with Crippen LogP contribution in [0.4, 0.5) is 5.82 Å². The maximum atomic E-state index is 13.1. The van der Waals surface area contributed by atoms with Crippen LogP contribution in [-0.4, -0.2) is 20.9 Å². The normalized spacial score (nSPS) is 11.4. The second-order valence-corrected chi connectivity index (χ2v) is 6.64. The Labute approximate surface area is 162 Å². The number of nitrogens with zero attached hydrogens (tertiary/aromatic N) is 3. The molecular formula is C23H19N3O2. The van der Waals surface area contributed by atoms with E-state index in [-0.39, 0.29) is 11.4 Å². The fraction of sp³-hybridized carbons (Fsp3) is 0.0870. The van der Waals surface area contributed by atoms with Crippen LogP contribution in [0.15, 0.2) is 76.6 Å². The lowest BCUT2D eigenvalue weighted by molar-refractivity contribution is 0.436. The monoisotopic (exact) mass is 369 g/mol. The van der Waals surface area contributed by atoms with Gasteiger partial charge in [-0.05, 0) is 55.3 Å². The number of aryl methyl sites for hydroxylation is 2. The Hall–Kier alpha value is -3.73. The summed E-state index contributed by atoms with van der Waals surface area (Å²) in [6.07, 6.45) is 3.21. The lowest BCUT2D eigenvalue weighted by Crippen LogP contribution is -2.20. The topological polar surface area (TPSA) is 67.5 Å². The summed E-state index contributed by atoms with van der Waals surface area (Å²) in [6, 6.07) is 18.3. The van der Waals surface area contributed by atoms with Crippen LogP contribution in [0.25, 0.3) is 16.5 Å². The van der Waals surface area contributed by atoms with Crippen molar-refractivity contribution in [3.05, 3.63) is 93.9 Å². The van der Waals surface area contributed by atoms with E-state index in [1.807, 2.05) is 56.3 Å². The molecule has 0 aliphatic carbocycles. The van der Waals surface area contributed by atoms with Crippen LogP contribution in [0.5, 0.6) is 5.88 Å². The second-order valence-electron chi connectivity index (χ2n) is 6.64. The first-order valence-electron chi connectivity index (χ1n) is 8.95. The highest BCUT2D eigenvalue weighted by molar-refractivity contribution is 6.02. The Morgan fingerprint density at radius 1 is 0.964 bits per heavy atom. The van der Waals surface area contributed by atoms with Crippen molar-refractivity contribution in [3.8, 4) is 11.6 Å². The Kier molecular flexibility index (Phi) is 4.49. The van der Waals surface area contributed by atoms with Gasteiger partial charge in [-0.25, -0.2) is 14.5 Å². The molecule has 28 heavy (non-hydrogen) atoms. The summed E-state index contributed by atoms with van der Waals surface area (Å²) in [6.45, 7) is 3.98. The molecule has 0 radical (unpaired) electrons. The minimum atomic E-state index is -0.272. The number of pyridine rings is 2. The number of hydrogen-bond acceptors (Lipinski definition) is 4. The number of rotatable bonds is 3. The van der Waals surface area contributed by atoms with Crippen LogP contribution in [0, 0.1) is 13.8 Å². The van der Waals surface area contributed by atoms with E-state index in [0.29, 0.717) is 27.8 Å². The lowest BCUT2D eigenvalue weighted by atomic mass is 10.1. The third-order valence-corrected chi connectivity index (χ3v) is 4.83. The van der Waals surface area contributed by atoms with E-state index in [2.05, 4.69) is 9.98 Å². The summed E-state index contributed by atoms with van der Waals surface area (Å²) >= 11 is 0. The van der Waals surface area contributed by atoms with Crippen LogP contribution in [0.1, 0.15) is 16.7 Å². The zero-order valence-corrected chi connectivity index (χ0v) is 15.6. The van der Waals surface area contributed by atoms with Crippen molar-refractivity contribution in [1.82, 2.24) is 9.55 Å². The zero-order chi connectivity index (χ0) is 19.7. The molecule has 138 valence electrons. The highest BCUT2D eigenvalue weighted by Crippen LogP contribution is 2.27. The van der Waals surface area contributed by atoms with Gasteiger partial charge in [0.1, 0.15) is 0 Å². The zero-order valence-electron chi connectivity index (χ0n) is 15.6. The van der Waals surface area contributed by atoms with E-state index in [4.69, 9.17) is 0 Å². The van der Waals surface area contributed by atoms with Gasteiger partial charge >= 0.3 is 0 Å². The molecule has 0 bridgehead atoms. The summed E-state index contributed by atoms with van der Waals surface area (Å²) in [4.78, 5) is 21.7. The molecule has 0 fully saturated rings. The molecular weight excluding hydrogens is 350 g/mol. The highest BCUT2D eigenvalue weighted by Gasteiger charge is 2.16. The first kappa shape index (κ1) is 17.7. The van der Waals surface area contributed by atoms with E-state index in [0.717, 1.165) is 11.1 Å². The molecule has 1 N–H and O–H groups in total. The molecule has 2 aromatic heterocycles. The predicted octanol–water partition coefficient (Wildman–Crippen LogP) is 4.46. The van der Waals surface area contributed by atoms with Gasteiger partial charge in [0.2, 0.25) is 5.88 Å². The lowest BCUT2D eigenvalue weighted by Gasteiger charge is -2.14. The van der Waals surface area contributed by atoms with E-state index < -0.39 is 0 Å². The Balaban J connectivity index is 2.00. The van der Waals surface area contributed by atoms with Gasteiger partial charge in [0.05, 0.1) is 11.3 Å². The molecule has 5 nitrogen and oxygen atoms in total. The minimum absolute atomic E-state index is 0.147. The van der Waals surface area contributed by atoms with Crippen LogP contribution in [0.3, 0.4) is 0 Å². The molecule has 4 rings (SSSR count). The fourth-order valence-electron chi connectivity index (χ4n) is 3.15. The van der Waals surface area contributed by atoms with E-state index >= 15 is 0 Å². The van der Waals surface area contributed by atoms with Gasteiger partial charge in [-0.3, -0.25) is 4.79 Å². The number of aromatic hydroxyl groups is 1. The third kappa shape index (κ3) is 3.07. The molecule has 0 aliphatic rings. The molecule has 0 spiro atoms. The second kappa shape index (κ2) is 7.12. The van der Waals surface area contributed by atoms with Gasteiger partial charge in [0.15, 0.2) is 5.82 Å². The molecule has 0 saturated carbocycles. The first-order valence-corrected chi connectivity index (χ1v) is 8.95. The summed E-state index contributed by atoms with van der Waals surface area (Å²) in [7, 11) is 0. The fourth-order valence-corrected chi connectivity index (χ4v) is 3.15.